The van der Waals surface area contributed by atoms with Gasteiger partial charge in [-0.05, 0) is 29.8 Å². The third-order valence-corrected chi connectivity index (χ3v) is 3.56. The van der Waals surface area contributed by atoms with E-state index in [0.29, 0.717) is 12.5 Å². The summed E-state index contributed by atoms with van der Waals surface area (Å²) < 4.78 is 0. The monoisotopic (exact) mass is 258 g/mol. The minimum Gasteiger partial charge on any atom is -0.363 e. The number of para-hydroxylation sites is 1. The molecule has 1 aromatic carbocycles. The molecule has 0 spiro atoms. The Morgan fingerprint density at radius 3 is 2.95 bits per heavy atom. The number of nitrogens with two attached hydrogens (primary N) is 1. The zero-order valence-electron chi connectivity index (χ0n) is 11.0. The fourth-order valence-electron chi connectivity index (χ4n) is 2.74. The molecule has 1 aliphatic rings. The van der Waals surface area contributed by atoms with Gasteiger partial charge in [-0.1, -0.05) is 18.2 Å². The van der Waals surface area contributed by atoms with Gasteiger partial charge in [0.05, 0.1) is 13.6 Å². The minimum absolute atomic E-state index is 0.512. The van der Waals surface area contributed by atoms with Crippen LogP contribution in [0.25, 0.3) is 0 Å². The van der Waals surface area contributed by atoms with Crippen LogP contribution in [0.1, 0.15) is 23.7 Å². The highest BCUT2D eigenvalue weighted by atomic mass is 15.6. The zero-order chi connectivity index (χ0) is 13.2. The number of hydrogen-bond donors (Lipinski definition) is 1. The largest absolute Gasteiger partial charge is 0.363 e. The Labute approximate surface area is 112 Å². The Kier molecular flexibility index (Phi) is 3.16. The lowest BCUT2D eigenvalue weighted by molar-refractivity contribution is 0.621. The van der Waals surface area contributed by atoms with E-state index >= 15 is 0 Å². The Morgan fingerprint density at radius 2 is 2.21 bits per heavy atom. The van der Waals surface area contributed by atoms with Crippen molar-refractivity contribution >= 4 is 5.69 Å². The van der Waals surface area contributed by atoms with Crippen molar-refractivity contribution in [3.05, 3.63) is 35.7 Å². The van der Waals surface area contributed by atoms with Gasteiger partial charge in [0, 0.05) is 18.2 Å². The van der Waals surface area contributed by atoms with Crippen molar-refractivity contribution in [2.45, 2.75) is 18.9 Å². The number of rotatable bonds is 4. The summed E-state index contributed by atoms with van der Waals surface area (Å²) in [7, 11) is 1.78. The standard InChI is InChI=1S/C13H18N6/c1-18-16-13(15-17-18)9-19-8-10(6-7-14)11-4-2-3-5-12(11)19/h2-5,10H,6-9,14H2,1H3. The molecule has 0 aliphatic carbocycles. The van der Waals surface area contributed by atoms with Crippen molar-refractivity contribution in [3.63, 3.8) is 0 Å². The Morgan fingerprint density at radius 1 is 1.37 bits per heavy atom. The molecular weight excluding hydrogens is 240 g/mol. The molecule has 1 unspecified atom stereocenters. The van der Waals surface area contributed by atoms with Crippen molar-refractivity contribution < 1.29 is 0 Å². The van der Waals surface area contributed by atoms with Gasteiger partial charge in [0.1, 0.15) is 0 Å². The summed E-state index contributed by atoms with van der Waals surface area (Å²) in [5.41, 5.74) is 8.37. The number of benzene rings is 1. The number of aromatic nitrogens is 4. The van der Waals surface area contributed by atoms with Crippen molar-refractivity contribution in [1.82, 2.24) is 20.2 Å². The number of fused-ring (bicyclic) bond motifs is 1. The van der Waals surface area contributed by atoms with Gasteiger partial charge >= 0.3 is 0 Å². The summed E-state index contributed by atoms with van der Waals surface area (Å²) >= 11 is 0. The number of aryl methyl sites for hydroxylation is 1. The van der Waals surface area contributed by atoms with Gasteiger partial charge in [0.15, 0.2) is 5.82 Å². The molecule has 0 saturated carbocycles. The normalized spacial score (nSPS) is 17.8. The van der Waals surface area contributed by atoms with Crippen LogP contribution in [-0.4, -0.2) is 33.3 Å². The van der Waals surface area contributed by atoms with Crippen LogP contribution in [0.15, 0.2) is 24.3 Å². The van der Waals surface area contributed by atoms with E-state index in [1.165, 1.54) is 16.0 Å². The van der Waals surface area contributed by atoms with E-state index in [2.05, 4.69) is 44.6 Å². The summed E-state index contributed by atoms with van der Waals surface area (Å²) in [6.07, 6.45) is 1.02. The summed E-state index contributed by atoms with van der Waals surface area (Å²) in [6, 6.07) is 8.51. The van der Waals surface area contributed by atoms with Gasteiger partial charge in [-0.25, -0.2) is 0 Å². The molecule has 0 saturated heterocycles. The smallest absolute Gasteiger partial charge is 0.193 e. The average Bonchev–Trinajstić information content (AvgIpc) is 2.97. The molecule has 6 nitrogen and oxygen atoms in total. The van der Waals surface area contributed by atoms with Crippen LogP contribution in [0, 0.1) is 0 Å². The molecule has 1 aromatic heterocycles. The lowest BCUT2D eigenvalue weighted by atomic mass is 9.98. The second-order valence-corrected chi connectivity index (χ2v) is 4.91. The second-order valence-electron chi connectivity index (χ2n) is 4.91. The van der Waals surface area contributed by atoms with E-state index in [-0.39, 0.29) is 0 Å². The Balaban J connectivity index is 1.84. The predicted octanol–water partition coefficient (Wildman–Crippen LogP) is 0.663. The SMILES string of the molecule is Cn1nnc(CN2CC(CCN)c3ccccc32)n1. The molecular formula is C13H18N6. The molecule has 1 aliphatic heterocycles. The van der Waals surface area contributed by atoms with Gasteiger partial charge in [0.25, 0.3) is 0 Å². The first-order valence-corrected chi connectivity index (χ1v) is 6.54. The van der Waals surface area contributed by atoms with Crippen LogP contribution < -0.4 is 10.6 Å². The highest BCUT2D eigenvalue weighted by molar-refractivity contribution is 5.60. The van der Waals surface area contributed by atoms with E-state index in [0.717, 1.165) is 25.3 Å². The van der Waals surface area contributed by atoms with Crippen LogP contribution in [0.2, 0.25) is 0 Å². The highest BCUT2D eigenvalue weighted by Gasteiger charge is 2.28. The molecule has 0 radical (unpaired) electrons. The molecule has 100 valence electrons. The van der Waals surface area contributed by atoms with E-state index in [1.807, 2.05) is 0 Å². The van der Waals surface area contributed by atoms with Crippen molar-refractivity contribution in [2.75, 3.05) is 18.0 Å². The number of nitrogens with zero attached hydrogens (tertiary/aromatic N) is 5. The molecule has 0 fully saturated rings. The molecule has 1 atom stereocenters. The molecule has 0 amide bonds. The topological polar surface area (TPSA) is 72.9 Å². The maximum Gasteiger partial charge on any atom is 0.193 e. The Bertz CT molecular complexity index is 564. The van der Waals surface area contributed by atoms with Gasteiger partial charge < -0.3 is 10.6 Å². The third-order valence-electron chi connectivity index (χ3n) is 3.56. The maximum atomic E-state index is 5.71. The molecule has 19 heavy (non-hydrogen) atoms. The van der Waals surface area contributed by atoms with Gasteiger partial charge in [0.2, 0.25) is 0 Å². The van der Waals surface area contributed by atoms with Crippen molar-refractivity contribution in [1.29, 1.82) is 0 Å². The quantitative estimate of drug-likeness (QED) is 0.872. The molecule has 2 N–H and O–H groups in total. The van der Waals surface area contributed by atoms with Crippen LogP contribution in [0.5, 0.6) is 0 Å². The highest BCUT2D eigenvalue weighted by Crippen LogP contribution is 2.38. The van der Waals surface area contributed by atoms with Gasteiger partial charge in [-0.3, -0.25) is 0 Å². The van der Waals surface area contributed by atoms with Crippen LogP contribution in [0.3, 0.4) is 0 Å². The fraction of sp³-hybridized carbons (Fsp3) is 0.462. The average molecular weight is 258 g/mol. The molecule has 0 bridgehead atoms. The number of anilines is 1. The van der Waals surface area contributed by atoms with E-state index in [1.54, 1.807) is 7.05 Å². The Hall–Kier alpha value is -1.95. The van der Waals surface area contributed by atoms with Crippen molar-refractivity contribution in [2.24, 2.45) is 12.8 Å². The van der Waals surface area contributed by atoms with Crippen LogP contribution >= 0.6 is 0 Å². The van der Waals surface area contributed by atoms with Crippen LogP contribution in [0.4, 0.5) is 5.69 Å². The zero-order valence-corrected chi connectivity index (χ0v) is 11.0. The molecule has 2 heterocycles. The maximum absolute atomic E-state index is 5.71. The van der Waals surface area contributed by atoms with Gasteiger partial charge in [-0.2, -0.15) is 4.80 Å². The predicted molar refractivity (Wildman–Crippen MR) is 72.7 cm³/mol. The van der Waals surface area contributed by atoms with Gasteiger partial charge in [-0.15, -0.1) is 10.2 Å². The molecule has 2 aromatic rings. The molecule has 6 heteroatoms. The summed E-state index contributed by atoms with van der Waals surface area (Å²) in [5.74, 6) is 1.27. The number of hydrogen-bond acceptors (Lipinski definition) is 5. The van der Waals surface area contributed by atoms with E-state index in [9.17, 15) is 0 Å². The first-order chi connectivity index (χ1) is 9.28. The summed E-state index contributed by atoms with van der Waals surface area (Å²) in [5, 5.41) is 12.2. The molecule has 3 rings (SSSR count). The van der Waals surface area contributed by atoms with E-state index in [4.69, 9.17) is 5.73 Å². The number of tetrazole rings is 1. The van der Waals surface area contributed by atoms with Crippen molar-refractivity contribution in [3.8, 4) is 0 Å². The fourth-order valence-corrected chi connectivity index (χ4v) is 2.74. The lowest BCUT2D eigenvalue weighted by Crippen LogP contribution is -2.23. The first-order valence-electron chi connectivity index (χ1n) is 6.54. The third kappa shape index (κ3) is 2.31. The van der Waals surface area contributed by atoms with E-state index < -0.39 is 0 Å². The summed E-state index contributed by atoms with van der Waals surface area (Å²) in [4.78, 5) is 3.81. The van der Waals surface area contributed by atoms with Crippen LogP contribution in [-0.2, 0) is 13.6 Å². The second kappa shape index (κ2) is 4.97. The first kappa shape index (κ1) is 12.1. The minimum atomic E-state index is 0.512. The summed E-state index contributed by atoms with van der Waals surface area (Å²) in [6.45, 7) is 2.40. The lowest BCUT2D eigenvalue weighted by Gasteiger charge is -2.17.